The molecule has 0 unspecified atom stereocenters. The second-order valence-electron chi connectivity index (χ2n) is 4.51. The van der Waals surface area contributed by atoms with Crippen molar-refractivity contribution in [1.29, 1.82) is 0 Å². The number of esters is 2. The molecule has 0 saturated carbocycles. The summed E-state index contributed by atoms with van der Waals surface area (Å²) in [6, 6.07) is 0. The second-order valence-corrected chi connectivity index (χ2v) is 4.51. The van der Waals surface area contributed by atoms with E-state index in [-0.39, 0.29) is 12.8 Å². The Hall–Kier alpha value is -1.48. The van der Waals surface area contributed by atoms with Crippen molar-refractivity contribution in [3.63, 3.8) is 0 Å². The van der Waals surface area contributed by atoms with Crippen LogP contribution in [-0.4, -0.2) is 42.9 Å². The monoisotopic (exact) mass is 322 g/mol. The van der Waals surface area contributed by atoms with E-state index in [1.54, 1.807) is 0 Å². The Kier molecular flexibility index (Phi) is 5.11. The van der Waals surface area contributed by atoms with Crippen molar-refractivity contribution in [2.45, 2.75) is 43.5 Å². The number of ether oxygens (including phenoxy) is 2. The zero-order valence-corrected chi connectivity index (χ0v) is 10.6. The van der Waals surface area contributed by atoms with Gasteiger partial charge in [-0.05, 0) is 12.8 Å². The molecule has 4 nitrogen and oxygen atoms in total. The molecule has 1 aliphatic heterocycles. The van der Waals surface area contributed by atoms with Gasteiger partial charge in [0.15, 0.2) is 13.2 Å². The number of rotatable bonds is 0. The van der Waals surface area contributed by atoms with Crippen LogP contribution in [0, 0.1) is 0 Å². The Balaban J connectivity index is 2.99. The van der Waals surface area contributed by atoms with E-state index in [1.807, 2.05) is 0 Å². The van der Waals surface area contributed by atoms with E-state index < -0.39 is 55.8 Å². The first-order chi connectivity index (χ1) is 9.49. The van der Waals surface area contributed by atoms with Crippen LogP contribution in [0.2, 0.25) is 0 Å². The van der Waals surface area contributed by atoms with Crippen molar-refractivity contribution >= 4 is 11.9 Å². The highest BCUT2D eigenvalue weighted by atomic mass is 19.3. The predicted octanol–water partition coefficient (Wildman–Crippen LogP) is 2.55. The number of carbonyl (C=O) groups excluding carboxylic acids is 2. The lowest BCUT2D eigenvalue weighted by Gasteiger charge is -2.31. The zero-order valence-electron chi connectivity index (χ0n) is 10.6. The maximum Gasteiger partial charge on any atom is 0.378 e. The highest BCUT2D eigenvalue weighted by molar-refractivity contribution is 5.70. The maximum atomic E-state index is 13.2. The fourth-order valence-electron chi connectivity index (χ4n) is 1.47. The summed E-state index contributed by atoms with van der Waals surface area (Å²) in [6.07, 6.45) is -0.699. The van der Waals surface area contributed by atoms with Crippen LogP contribution in [0.4, 0.5) is 26.3 Å². The van der Waals surface area contributed by atoms with Crippen LogP contribution in [0.3, 0.4) is 0 Å². The summed E-state index contributed by atoms with van der Waals surface area (Å²) in [4.78, 5) is 22.0. The van der Waals surface area contributed by atoms with E-state index in [0.717, 1.165) is 0 Å². The number of halogens is 6. The minimum absolute atomic E-state index is 0.0479. The van der Waals surface area contributed by atoms with Crippen LogP contribution < -0.4 is 0 Å². The van der Waals surface area contributed by atoms with Gasteiger partial charge in [0.2, 0.25) is 0 Å². The molecule has 0 atom stereocenters. The van der Waals surface area contributed by atoms with E-state index in [4.69, 9.17) is 0 Å². The normalized spacial score (nSPS) is 26.6. The molecule has 1 saturated heterocycles. The van der Waals surface area contributed by atoms with Crippen molar-refractivity contribution in [2.75, 3.05) is 13.2 Å². The molecule has 0 aromatic heterocycles. The maximum absolute atomic E-state index is 13.2. The van der Waals surface area contributed by atoms with E-state index >= 15 is 0 Å². The minimum atomic E-state index is -5.84. The summed E-state index contributed by atoms with van der Waals surface area (Å²) in [6.45, 7) is -4.36. The van der Waals surface area contributed by atoms with Crippen LogP contribution in [-0.2, 0) is 19.1 Å². The molecule has 0 N–H and O–H groups in total. The first-order valence-electron chi connectivity index (χ1n) is 5.94. The Labute approximate surface area is 115 Å². The van der Waals surface area contributed by atoms with E-state index in [9.17, 15) is 35.9 Å². The molecule has 1 heterocycles. The number of hydrogen-bond donors (Lipinski definition) is 0. The summed E-state index contributed by atoms with van der Waals surface area (Å²) < 4.78 is 87.0. The lowest BCUT2D eigenvalue weighted by Crippen LogP contribution is -2.58. The van der Waals surface area contributed by atoms with Gasteiger partial charge < -0.3 is 9.47 Å². The largest absolute Gasteiger partial charge is 0.459 e. The van der Waals surface area contributed by atoms with E-state index in [1.165, 1.54) is 0 Å². The summed E-state index contributed by atoms with van der Waals surface area (Å²) >= 11 is 0. The average molecular weight is 322 g/mol. The first-order valence-corrected chi connectivity index (χ1v) is 5.94. The minimum Gasteiger partial charge on any atom is -0.459 e. The quantitative estimate of drug-likeness (QED) is 0.508. The third-order valence-corrected chi connectivity index (χ3v) is 2.76. The van der Waals surface area contributed by atoms with Crippen LogP contribution in [0.5, 0.6) is 0 Å². The van der Waals surface area contributed by atoms with Crippen molar-refractivity contribution in [1.82, 2.24) is 0 Å². The Morgan fingerprint density at radius 3 is 1.38 bits per heavy atom. The highest BCUT2D eigenvalue weighted by Gasteiger charge is 2.72. The first kappa shape index (κ1) is 17.6. The third-order valence-electron chi connectivity index (χ3n) is 2.76. The van der Waals surface area contributed by atoms with Gasteiger partial charge in [-0.15, -0.1) is 0 Å². The smallest absolute Gasteiger partial charge is 0.378 e. The third kappa shape index (κ3) is 4.01. The molecule has 1 fully saturated rings. The fourth-order valence-corrected chi connectivity index (χ4v) is 1.47. The van der Waals surface area contributed by atoms with Crippen LogP contribution in [0.25, 0.3) is 0 Å². The van der Waals surface area contributed by atoms with Crippen LogP contribution in [0.1, 0.15) is 25.7 Å². The van der Waals surface area contributed by atoms with Gasteiger partial charge in [0.1, 0.15) is 0 Å². The Bertz CT molecular complexity index is 374. The van der Waals surface area contributed by atoms with E-state index in [0.29, 0.717) is 0 Å². The molecular weight excluding hydrogens is 310 g/mol. The van der Waals surface area contributed by atoms with Crippen molar-refractivity contribution < 1.29 is 45.4 Å². The average Bonchev–Trinajstić information content (AvgIpc) is 2.38. The van der Waals surface area contributed by atoms with Gasteiger partial charge in [-0.1, -0.05) is 0 Å². The molecule has 0 radical (unpaired) electrons. The Morgan fingerprint density at radius 1 is 0.714 bits per heavy atom. The van der Waals surface area contributed by atoms with Gasteiger partial charge in [-0.25, -0.2) is 0 Å². The topological polar surface area (TPSA) is 52.6 Å². The number of carbonyl (C=O) groups is 2. The van der Waals surface area contributed by atoms with E-state index in [2.05, 4.69) is 9.47 Å². The molecular formula is C11H12F6O4. The molecule has 1 aliphatic rings. The summed E-state index contributed by atoms with van der Waals surface area (Å²) in [5.74, 6) is -18.9. The molecule has 0 aromatic rings. The molecule has 10 heteroatoms. The van der Waals surface area contributed by atoms with Crippen LogP contribution >= 0.6 is 0 Å². The van der Waals surface area contributed by atoms with Crippen molar-refractivity contribution in [2.24, 2.45) is 0 Å². The van der Waals surface area contributed by atoms with Gasteiger partial charge in [-0.3, -0.25) is 9.59 Å². The number of alkyl halides is 6. The lowest BCUT2D eigenvalue weighted by molar-refractivity contribution is -0.324. The molecule has 0 bridgehead atoms. The SMILES string of the molecule is O=C1CCCCC(=O)OCC(F)(F)C(F)(F)C(F)(F)CO1. The lowest BCUT2D eigenvalue weighted by atomic mass is 10.1. The molecule has 0 aliphatic carbocycles. The second kappa shape index (κ2) is 6.10. The fraction of sp³-hybridized carbons (Fsp3) is 0.818. The Morgan fingerprint density at radius 2 is 1.05 bits per heavy atom. The van der Waals surface area contributed by atoms with Gasteiger partial charge >= 0.3 is 29.7 Å². The molecule has 0 amide bonds. The van der Waals surface area contributed by atoms with Gasteiger partial charge in [0.25, 0.3) is 0 Å². The summed E-state index contributed by atoms with van der Waals surface area (Å²) in [5.41, 5.74) is 0. The predicted molar refractivity (Wildman–Crippen MR) is 55.2 cm³/mol. The van der Waals surface area contributed by atoms with Gasteiger partial charge in [0.05, 0.1) is 0 Å². The summed E-state index contributed by atoms with van der Waals surface area (Å²) in [5, 5.41) is 0. The van der Waals surface area contributed by atoms with Crippen molar-refractivity contribution in [3.05, 3.63) is 0 Å². The number of cyclic esters (lactones) is 2. The van der Waals surface area contributed by atoms with Crippen molar-refractivity contribution in [3.8, 4) is 0 Å². The van der Waals surface area contributed by atoms with Gasteiger partial charge in [0, 0.05) is 12.8 Å². The highest BCUT2D eigenvalue weighted by Crippen LogP contribution is 2.46. The standard InChI is InChI=1S/C11H12F6O4/c12-9(13)5-20-7(18)3-1-2-4-8(19)21-6-10(14,15)11(9,16)17/h1-6H2. The van der Waals surface area contributed by atoms with Crippen LogP contribution in [0.15, 0.2) is 0 Å². The molecule has 0 spiro atoms. The molecule has 21 heavy (non-hydrogen) atoms. The molecule has 0 aromatic carbocycles. The molecule has 122 valence electrons. The number of hydrogen-bond acceptors (Lipinski definition) is 4. The van der Waals surface area contributed by atoms with Gasteiger partial charge in [-0.2, -0.15) is 26.3 Å². The zero-order chi connectivity index (χ0) is 16.3. The summed E-state index contributed by atoms with van der Waals surface area (Å²) in [7, 11) is 0. The molecule has 1 rings (SSSR count).